The molecule has 1 aromatic carbocycles. The zero-order chi connectivity index (χ0) is 24.2. The van der Waals surface area contributed by atoms with E-state index in [-0.39, 0.29) is 18.2 Å². The molecule has 13 heteroatoms. The van der Waals surface area contributed by atoms with E-state index in [1.165, 1.54) is 24.5 Å². The number of carbonyl (C=O) groups excluding carboxylic acids is 1. The van der Waals surface area contributed by atoms with Gasteiger partial charge >= 0.3 is 12.1 Å². The van der Waals surface area contributed by atoms with E-state index < -0.39 is 17.8 Å². The van der Waals surface area contributed by atoms with Crippen LogP contribution in [0, 0.1) is 5.82 Å². The monoisotopic (exact) mass is 535 g/mol. The fraction of sp³-hybridized carbons (Fsp3) is 0.381. The first kappa shape index (κ1) is 23.8. The fourth-order valence-corrected chi connectivity index (χ4v) is 4.45. The van der Waals surface area contributed by atoms with Gasteiger partial charge in [-0.3, -0.25) is 15.0 Å². The van der Waals surface area contributed by atoms with Crippen molar-refractivity contribution in [2.75, 3.05) is 39.3 Å². The van der Waals surface area contributed by atoms with Gasteiger partial charge < -0.3 is 20.1 Å². The number of halogens is 2. The molecule has 2 aromatic rings. The van der Waals surface area contributed by atoms with Crippen LogP contribution in [-0.2, 0) is 9.53 Å². The third kappa shape index (κ3) is 5.09. The van der Waals surface area contributed by atoms with E-state index in [4.69, 9.17) is 4.74 Å². The predicted molar refractivity (Wildman–Crippen MR) is 123 cm³/mol. The van der Waals surface area contributed by atoms with E-state index in [9.17, 15) is 19.1 Å². The fourth-order valence-electron chi connectivity index (χ4n) is 3.89. The second-order valence-corrected chi connectivity index (χ2v) is 8.52. The minimum atomic E-state index is -1.14. The number of aliphatic carboxylic acids is 1. The number of hydrogen-bond donors (Lipinski definition) is 3. The van der Waals surface area contributed by atoms with Crippen LogP contribution in [0.2, 0.25) is 0 Å². The molecule has 0 spiro atoms. The Labute approximate surface area is 202 Å². The smallest absolute Gasteiger partial charge is 0.409 e. The van der Waals surface area contributed by atoms with Gasteiger partial charge in [0.1, 0.15) is 18.2 Å². The van der Waals surface area contributed by atoms with E-state index in [0.717, 1.165) is 0 Å². The maximum atomic E-state index is 13.7. The minimum absolute atomic E-state index is 0.0448. The number of aromatic nitrogens is 3. The Balaban J connectivity index is 1.65. The summed E-state index contributed by atoms with van der Waals surface area (Å²) < 4.78 is 19.2. The van der Waals surface area contributed by atoms with E-state index in [2.05, 4.69) is 41.4 Å². The molecule has 1 unspecified atom stereocenters. The first-order chi connectivity index (χ1) is 16.4. The molecular weight excluding hydrogens is 513 g/mol. The molecule has 34 heavy (non-hydrogen) atoms. The highest BCUT2D eigenvalue weighted by molar-refractivity contribution is 9.10. The molecule has 1 atom stereocenters. The van der Waals surface area contributed by atoms with Crippen LogP contribution in [0.15, 0.2) is 45.3 Å². The number of amides is 1. The summed E-state index contributed by atoms with van der Waals surface area (Å²) in [5.41, 5.74) is 0.977. The molecule has 4 rings (SSSR count). The number of amidine groups is 1. The van der Waals surface area contributed by atoms with Gasteiger partial charge in [-0.25, -0.2) is 19.0 Å². The highest BCUT2D eigenvalue weighted by Gasteiger charge is 2.34. The van der Waals surface area contributed by atoms with Gasteiger partial charge in [0.05, 0.1) is 12.2 Å². The van der Waals surface area contributed by atoms with Crippen molar-refractivity contribution in [3.8, 4) is 0 Å². The summed E-state index contributed by atoms with van der Waals surface area (Å²) in [6.07, 6.45) is 0.969. The summed E-state index contributed by atoms with van der Waals surface area (Å²) >= 11 is 3.34. The number of aromatic amines is 1. The van der Waals surface area contributed by atoms with Gasteiger partial charge in [0.25, 0.3) is 0 Å². The predicted octanol–water partition coefficient (Wildman–Crippen LogP) is 1.91. The lowest BCUT2D eigenvalue weighted by molar-refractivity contribution is -0.133. The molecule has 1 fully saturated rings. The number of piperazine rings is 1. The van der Waals surface area contributed by atoms with Crippen molar-refractivity contribution in [3.63, 3.8) is 0 Å². The number of nitrogens with zero attached hydrogens (tertiary/aromatic N) is 5. The number of carbonyl (C=O) groups is 2. The van der Waals surface area contributed by atoms with E-state index >= 15 is 0 Å². The zero-order valence-corrected chi connectivity index (χ0v) is 19.9. The number of aliphatic imine (C=N–C) groups is 1. The Bertz CT molecular complexity index is 1130. The standard InChI is InChI=1S/C21H23BrFN7O4/c1-2-34-21(33)30-7-5-29(6-8-30)10-15-16(20(31)32)17(13-4-3-12(23)9-14(13)22)27-19(26-15)18-24-11-25-28-18/h3-4,9,11,17H,2,5-8,10H2,1H3,(H,26,27)(H,31,32)(H,24,25,28). The van der Waals surface area contributed by atoms with Gasteiger partial charge in [-0.1, -0.05) is 22.0 Å². The molecule has 1 saturated heterocycles. The van der Waals surface area contributed by atoms with Crippen LogP contribution in [0.4, 0.5) is 9.18 Å². The van der Waals surface area contributed by atoms with Crippen molar-refractivity contribution in [1.29, 1.82) is 0 Å². The second kappa shape index (κ2) is 10.3. The SMILES string of the molecule is CCOC(=O)N1CCN(CC2=C(C(=O)O)C(c3ccc(F)cc3Br)N=C(c3ncn[nH]3)N2)CC1. The number of carboxylic acid groups (broad SMARTS) is 1. The van der Waals surface area contributed by atoms with Gasteiger partial charge in [0.15, 0.2) is 11.7 Å². The van der Waals surface area contributed by atoms with Crippen molar-refractivity contribution in [2.45, 2.75) is 13.0 Å². The van der Waals surface area contributed by atoms with Crippen molar-refractivity contribution >= 4 is 33.8 Å². The molecule has 0 aliphatic carbocycles. The molecule has 180 valence electrons. The molecule has 2 aliphatic heterocycles. The van der Waals surface area contributed by atoms with Crippen molar-refractivity contribution in [1.82, 2.24) is 30.3 Å². The largest absolute Gasteiger partial charge is 0.478 e. The third-order valence-corrected chi connectivity index (χ3v) is 6.22. The highest BCUT2D eigenvalue weighted by Crippen LogP contribution is 2.36. The molecular formula is C21H23BrFN7O4. The van der Waals surface area contributed by atoms with Gasteiger partial charge in [0, 0.05) is 42.9 Å². The Hall–Kier alpha value is -3.32. The lowest BCUT2D eigenvalue weighted by Gasteiger charge is -2.36. The minimum Gasteiger partial charge on any atom is -0.478 e. The summed E-state index contributed by atoms with van der Waals surface area (Å²) in [6, 6.07) is 3.13. The van der Waals surface area contributed by atoms with Crippen LogP contribution in [-0.4, -0.2) is 87.3 Å². The molecule has 2 aliphatic rings. The maximum Gasteiger partial charge on any atom is 0.409 e. The molecule has 0 radical (unpaired) electrons. The quantitative estimate of drug-likeness (QED) is 0.510. The Morgan fingerprint density at radius 2 is 2.06 bits per heavy atom. The average Bonchev–Trinajstić information content (AvgIpc) is 3.34. The summed E-state index contributed by atoms with van der Waals surface area (Å²) in [5.74, 6) is -0.931. The van der Waals surface area contributed by atoms with Gasteiger partial charge in [-0.05, 0) is 24.6 Å². The zero-order valence-electron chi connectivity index (χ0n) is 18.3. The van der Waals surface area contributed by atoms with Crippen molar-refractivity contribution < 1.29 is 23.8 Å². The van der Waals surface area contributed by atoms with E-state index in [1.807, 2.05) is 4.90 Å². The molecule has 1 aromatic heterocycles. The highest BCUT2D eigenvalue weighted by atomic mass is 79.9. The van der Waals surface area contributed by atoms with Gasteiger partial charge in [0.2, 0.25) is 0 Å². The molecule has 11 nitrogen and oxygen atoms in total. The van der Waals surface area contributed by atoms with Crippen molar-refractivity contribution in [2.24, 2.45) is 4.99 Å². The topological polar surface area (TPSA) is 136 Å². The lowest BCUT2D eigenvalue weighted by Crippen LogP contribution is -2.50. The summed E-state index contributed by atoms with van der Waals surface area (Å²) in [7, 11) is 0. The average molecular weight is 536 g/mol. The van der Waals surface area contributed by atoms with E-state index in [1.54, 1.807) is 11.8 Å². The van der Waals surface area contributed by atoms with Crippen LogP contribution in [0.25, 0.3) is 0 Å². The summed E-state index contributed by atoms with van der Waals surface area (Å²) in [5, 5.41) is 19.8. The summed E-state index contributed by atoms with van der Waals surface area (Å²) in [6.45, 7) is 4.34. The van der Waals surface area contributed by atoms with Crippen LogP contribution < -0.4 is 5.32 Å². The molecule has 0 saturated carbocycles. The number of hydrogen-bond acceptors (Lipinski definition) is 8. The Kier molecular flexibility index (Phi) is 7.22. The van der Waals surface area contributed by atoms with Gasteiger partial charge in [-0.2, -0.15) is 5.10 Å². The van der Waals surface area contributed by atoms with Crippen LogP contribution >= 0.6 is 15.9 Å². The second-order valence-electron chi connectivity index (χ2n) is 7.66. The molecule has 3 heterocycles. The van der Waals surface area contributed by atoms with Crippen LogP contribution in [0.3, 0.4) is 0 Å². The maximum absolute atomic E-state index is 13.7. The first-order valence-electron chi connectivity index (χ1n) is 10.6. The number of H-pyrrole nitrogens is 1. The Morgan fingerprint density at radius 1 is 1.29 bits per heavy atom. The van der Waals surface area contributed by atoms with Crippen molar-refractivity contribution in [3.05, 3.63) is 57.5 Å². The van der Waals surface area contributed by atoms with E-state index in [0.29, 0.717) is 60.2 Å². The number of carboxylic acids is 1. The normalized spacial score (nSPS) is 19.0. The lowest BCUT2D eigenvalue weighted by atomic mass is 9.95. The van der Waals surface area contributed by atoms with Crippen LogP contribution in [0.1, 0.15) is 24.4 Å². The number of rotatable bonds is 6. The number of nitrogens with one attached hydrogen (secondary N) is 2. The Morgan fingerprint density at radius 3 is 2.68 bits per heavy atom. The third-order valence-electron chi connectivity index (χ3n) is 5.53. The molecule has 3 N–H and O–H groups in total. The first-order valence-corrected chi connectivity index (χ1v) is 11.4. The molecule has 1 amide bonds. The summed E-state index contributed by atoms with van der Waals surface area (Å²) in [4.78, 5) is 36.8. The number of ether oxygens (including phenoxy) is 1. The van der Waals surface area contributed by atoms with Crippen LogP contribution in [0.5, 0.6) is 0 Å². The number of benzene rings is 1. The molecule has 0 bridgehead atoms. The van der Waals surface area contributed by atoms with Gasteiger partial charge in [-0.15, -0.1) is 0 Å².